The van der Waals surface area contributed by atoms with Crippen molar-refractivity contribution in [2.24, 2.45) is 5.92 Å². The molecule has 0 spiro atoms. The highest BCUT2D eigenvalue weighted by Crippen LogP contribution is 2.12. The fourth-order valence-corrected chi connectivity index (χ4v) is 1.74. The van der Waals surface area contributed by atoms with Gasteiger partial charge >= 0.3 is 5.69 Å². The van der Waals surface area contributed by atoms with Gasteiger partial charge in [-0.15, -0.1) is 0 Å². The Balaban J connectivity index is 3.16. The highest BCUT2D eigenvalue weighted by Gasteiger charge is 2.14. The molecule has 1 heterocycles. The Morgan fingerprint density at radius 1 is 1.47 bits per heavy atom. The minimum atomic E-state index is -0.590. The number of aromatic nitrogens is 2. The van der Waals surface area contributed by atoms with Crippen LogP contribution in [0.4, 0.5) is 0 Å². The average molecular weight is 242 g/mol. The molecule has 96 valence electrons. The third kappa shape index (κ3) is 2.97. The molecular weight excluding hydrogens is 224 g/mol. The van der Waals surface area contributed by atoms with Gasteiger partial charge in [0, 0.05) is 13.7 Å². The normalized spacial score (nSPS) is 12.6. The molecule has 1 rings (SSSR count). The highest BCUT2D eigenvalue weighted by molar-refractivity contribution is 5.22. The van der Waals surface area contributed by atoms with Crippen molar-refractivity contribution in [1.29, 1.82) is 0 Å². The number of nitrogens with zero attached hydrogens (tertiary/aromatic N) is 1. The molecule has 0 radical (unpaired) electrons. The van der Waals surface area contributed by atoms with Gasteiger partial charge in [-0.05, 0) is 12.3 Å². The largest absolute Gasteiger partial charge is 0.494 e. The Kier molecular flexibility index (Phi) is 4.51. The summed E-state index contributed by atoms with van der Waals surface area (Å²) in [5, 5.41) is 9.87. The smallest absolute Gasteiger partial charge is 0.331 e. The molecule has 0 aliphatic rings. The number of aromatic hydroxyl groups is 1. The van der Waals surface area contributed by atoms with Crippen molar-refractivity contribution in [3.63, 3.8) is 0 Å². The van der Waals surface area contributed by atoms with Gasteiger partial charge in [0.1, 0.15) is 0 Å². The Hall–Kier alpha value is -1.56. The molecule has 1 unspecified atom stereocenters. The van der Waals surface area contributed by atoms with E-state index in [1.807, 2.05) is 6.92 Å². The topological polar surface area (TPSA) is 84.3 Å². The van der Waals surface area contributed by atoms with Gasteiger partial charge in [-0.1, -0.05) is 13.8 Å². The maximum Gasteiger partial charge on any atom is 0.331 e. The second-order valence-corrected chi connectivity index (χ2v) is 4.09. The van der Waals surface area contributed by atoms with Gasteiger partial charge in [0.25, 0.3) is 5.56 Å². The van der Waals surface area contributed by atoms with E-state index in [0.29, 0.717) is 19.6 Å². The number of methoxy groups -OCH3 is 1. The van der Waals surface area contributed by atoms with Gasteiger partial charge in [0.15, 0.2) is 0 Å². The molecule has 2 N–H and O–H groups in total. The monoisotopic (exact) mass is 242 g/mol. The molecule has 0 saturated carbocycles. The van der Waals surface area contributed by atoms with Crippen LogP contribution in [0.2, 0.25) is 0 Å². The zero-order chi connectivity index (χ0) is 13.0. The molecule has 0 amide bonds. The number of aromatic amines is 1. The Morgan fingerprint density at radius 3 is 2.65 bits per heavy atom. The van der Waals surface area contributed by atoms with Crippen LogP contribution in [0.5, 0.6) is 5.88 Å². The third-order valence-corrected chi connectivity index (χ3v) is 2.56. The van der Waals surface area contributed by atoms with E-state index < -0.39 is 11.2 Å². The first-order valence-corrected chi connectivity index (χ1v) is 5.55. The molecule has 0 fully saturated rings. The van der Waals surface area contributed by atoms with Gasteiger partial charge in [-0.2, -0.15) is 0 Å². The number of nitrogens with one attached hydrogen (secondary N) is 1. The summed E-state index contributed by atoms with van der Waals surface area (Å²) in [6.45, 7) is 4.43. The van der Waals surface area contributed by atoms with E-state index >= 15 is 0 Å². The summed E-state index contributed by atoms with van der Waals surface area (Å²) in [4.78, 5) is 25.2. The van der Waals surface area contributed by atoms with Crippen LogP contribution in [0, 0.1) is 5.92 Å². The van der Waals surface area contributed by atoms with Gasteiger partial charge in [0.05, 0.1) is 12.2 Å². The molecule has 1 aromatic rings. The summed E-state index contributed by atoms with van der Waals surface area (Å²) in [6.07, 6.45) is 0.375. The molecule has 0 aliphatic carbocycles. The van der Waals surface area contributed by atoms with E-state index in [-0.39, 0.29) is 17.4 Å². The van der Waals surface area contributed by atoms with Crippen molar-refractivity contribution in [2.75, 3.05) is 13.7 Å². The predicted molar refractivity (Wildman–Crippen MR) is 63.4 cm³/mol. The molecule has 0 bridgehead atoms. The van der Waals surface area contributed by atoms with Crippen LogP contribution < -0.4 is 11.2 Å². The minimum Gasteiger partial charge on any atom is -0.494 e. The third-order valence-electron chi connectivity index (χ3n) is 2.56. The zero-order valence-corrected chi connectivity index (χ0v) is 10.3. The first-order valence-electron chi connectivity index (χ1n) is 5.55. The molecular formula is C11H18N2O4. The van der Waals surface area contributed by atoms with Gasteiger partial charge in [-0.3, -0.25) is 14.3 Å². The Bertz CT molecular complexity index is 489. The van der Waals surface area contributed by atoms with Crippen molar-refractivity contribution in [2.45, 2.75) is 26.8 Å². The lowest BCUT2D eigenvalue weighted by Gasteiger charge is -2.14. The summed E-state index contributed by atoms with van der Waals surface area (Å²) in [5.74, 6) is -0.177. The van der Waals surface area contributed by atoms with Crippen molar-refractivity contribution < 1.29 is 9.84 Å². The van der Waals surface area contributed by atoms with E-state index in [0.717, 1.165) is 0 Å². The van der Waals surface area contributed by atoms with Gasteiger partial charge in [-0.25, -0.2) is 4.79 Å². The zero-order valence-electron chi connectivity index (χ0n) is 10.3. The molecule has 0 aromatic carbocycles. The van der Waals surface area contributed by atoms with E-state index in [1.54, 1.807) is 14.0 Å². The minimum absolute atomic E-state index is 0.0687. The summed E-state index contributed by atoms with van der Waals surface area (Å²) >= 11 is 0. The standard InChI is InChI=1S/C11H18N2O4/c1-4-8-9(14)12-11(16)13(10(8)15)5-7(2)6-17-3/h7,15H,4-6H2,1-3H3,(H,12,14,16). The van der Waals surface area contributed by atoms with Crippen LogP contribution in [-0.2, 0) is 17.7 Å². The number of ether oxygens (including phenoxy) is 1. The second kappa shape index (κ2) is 5.67. The lowest BCUT2D eigenvalue weighted by Crippen LogP contribution is -2.34. The number of hydrogen-bond acceptors (Lipinski definition) is 4. The number of H-pyrrole nitrogens is 1. The summed E-state index contributed by atoms with van der Waals surface area (Å²) in [6, 6.07) is 0. The van der Waals surface area contributed by atoms with Crippen LogP contribution >= 0.6 is 0 Å². The lowest BCUT2D eigenvalue weighted by atomic mass is 10.2. The summed E-state index contributed by atoms with van der Waals surface area (Å²) < 4.78 is 6.14. The SMILES string of the molecule is CCc1c(O)n(CC(C)COC)c(=O)[nH]c1=O. The lowest BCUT2D eigenvalue weighted by molar-refractivity contribution is 0.148. The van der Waals surface area contributed by atoms with Crippen LogP contribution in [0.15, 0.2) is 9.59 Å². The average Bonchev–Trinajstić information content (AvgIpc) is 2.25. The molecule has 1 atom stereocenters. The molecule has 0 aliphatic heterocycles. The van der Waals surface area contributed by atoms with Crippen molar-refractivity contribution >= 4 is 0 Å². The maximum atomic E-state index is 11.6. The van der Waals surface area contributed by atoms with Crippen LogP contribution in [-0.4, -0.2) is 28.4 Å². The van der Waals surface area contributed by atoms with Gasteiger partial charge < -0.3 is 9.84 Å². The number of hydrogen-bond donors (Lipinski definition) is 2. The van der Waals surface area contributed by atoms with Crippen molar-refractivity contribution in [3.05, 3.63) is 26.4 Å². The van der Waals surface area contributed by atoms with E-state index in [2.05, 4.69) is 4.98 Å². The first kappa shape index (κ1) is 13.5. The molecule has 6 nitrogen and oxygen atoms in total. The van der Waals surface area contributed by atoms with E-state index in [1.165, 1.54) is 4.57 Å². The quantitative estimate of drug-likeness (QED) is 0.766. The van der Waals surface area contributed by atoms with Gasteiger partial charge in [0.2, 0.25) is 5.88 Å². The number of rotatable bonds is 5. The summed E-state index contributed by atoms with van der Waals surface area (Å²) in [7, 11) is 1.57. The Morgan fingerprint density at radius 2 is 2.12 bits per heavy atom. The van der Waals surface area contributed by atoms with E-state index in [9.17, 15) is 14.7 Å². The van der Waals surface area contributed by atoms with Crippen LogP contribution in [0.1, 0.15) is 19.4 Å². The summed E-state index contributed by atoms with van der Waals surface area (Å²) in [5.41, 5.74) is -0.882. The molecule has 1 aromatic heterocycles. The predicted octanol–water partition coefficient (Wildman–Crippen LogP) is 0.0871. The van der Waals surface area contributed by atoms with Crippen molar-refractivity contribution in [1.82, 2.24) is 9.55 Å². The highest BCUT2D eigenvalue weighted by atomic mass is 16.5. The molecule has 6 heteroatoms. The molecule has 0 saturated heterocycles. The maximum absolute atomic E-state index is 11.6. The Labute approximate surface area is 98.9 Å². The molecule has 17 heavy (non-hydrogen) atoms. The first-order chi connectivity index (χ1) is 8.01. The van der Waals surface area contributed by atoms with E-state index in [4.69, 9.17) is 4.74 Å². The fourth-order valence-electron chi connectivity index (χ4n) is 1.74. The van der Waals surface area contributed by atoms with Crippen LogP contribution in [0.3, 0.4) is 0 Å². The fraction of sp³-hybridized carbons (Fsp3) is 0.636. The van der Waals surface area contributed by atoms with Crippen molar-refractivity contribution in [3.8, 4) is 5.88 Å². The van der Waals surface area contributed by atoms with Crippen LogP contribution in [0.25, 0.3) is 0 Å². The second-order valence-electron chi connectivity index (χ2n) is 4.09.